The number of thiophene rings is 1. The maximum Gasteiger partial charge on any atom is 0.132 e. The molecule has 0 saturated heterocycles. The molecule has 4 heteroatoms. The molecular formula is C10H8ClNOS. The third-order valence-electron chi connectivity index (χ3n) is 1.66. The van der Waals surface area contributed by atoms with Crippen LogP contribution < -0.4 is 4.74 Å². The maximum atomic E-state index is 5.72. The van der Waals surface area contributed by atoms with Crippen LogP contribution in [-0.4, -0.2) is 4.98 Å². The average Bonchev–Trinajstić information content (AvgIpc) is 2.67. The molecule has 0 aliphatic carbocycles. The first-order valence-corrected chi connectivity index (χ1v) is 5.37. The number of hydrogen-bond acceptors (Lipinski definition) is 3. The Morgan fingerprint density at radius 1 is 1.43 bits per heavy atom. The van der Waals surface area contributed by atoms with E-state index in [1.54, 1.807) is 29.7 Å². The van der Waals surface area contributed by atoms with E-state index in [0.717, 1.165) is 5.75 Å². The predicted molar refractivity (Wildman–Crippen MR) is 57.9 cm³/mol. The van der Waals surface area contributed by atoms with Gasteiger partial charge < -0.3 is 4.74 Å². The standard InChI is InChI=1S/C10H8ClNOS/c11-10-6-8(3-4-12-10)13-7-9-2-1-5-14-9/h1-6H,7H2. The van der Waals surface area contributed by atoms with Crippen molar-refractivity contribution in [1.29, 1.82) is 0 Å². The molecule has 2 aromatic heterocycles. The Labute approximate surface area is 91.1 Å². The fraction of sp³-hybridized carbons (Fsp3) is 0.100. The Morgan fingerprint density at radius 2 is 2.36 bits per heavy atom. The molecule has 0 amide bonds. The summed E-state index contributed by atoms with van der Waals surface area (Å²) in [5.41, 5.74) is 0. The number of aromatic nitrogens is 1. The molecule has 2 heterocycles. The van der Waals surface area contributed by atoms with Crippen LogP contribution in [0.1, 0.15) is 4.88 Å². The maximum absolute atomic E-state index is 5.72. The zero-order chi connectivity index (χ0) is 9.80. The molecular weight excluding hydrogens is 218 g/mol. The zero-order valence-electron chi connectivity index (χ0n) is 7.31. The first-order chi connectivity index (χ1) is 6.84. The van der Waals surface area contributed by atoms with Gasteiger partial charge in [-0.1, -0.05) is 17.7 Å². The summed E-state index contributed by atoms with van der Waals surface area (Å²) in [4.78, 5) is 5.07. The zero-order valence-corrected chi connectivity index (χ0v) is 8.89. The monoisotopic (exact) mass is 225 g/mol. The summed E-state index contributed by atoms with van der Waals surface area (Å²) < 4.78 is 5.52. The first kappa shape index (κ1) is 9.49. The Bertz CT molecular complexity index is 402. The minimum Gasteiger partial charge on any atom is -0.488 e. The molecule has 14 heavy (non-hydrogen) atoms. The first-order valence-electron chi connectivity index (χ1n) is 4.11. The highest BCUT2D eigenvalue weighted by Gasteiger charge is 1.97. The van der Waals surface area contributed by atoms with Gasteiger partial charge in [0.15, 0.2) is 0 Å². The fourth-order valence-electron chi connectivity index (χ4n) is 1.02. The number of halogens is 1. The van der Waals surface area contributed by atoms with Gasteiger partial charge in [-0.3, -0.25) is 0 Å². The Balaban J connectivity index is 1.98. The van der Waals surface area contributed by atoms with Crippen LogP contribution in [0.5, 0.6) is 5.75 Å². The van der Waals surface area contributed by atoms with Crippen LogP contribution in [0.4, 0.5) is 0 Å². The normalized spacial score (nSPS) is 10.1. The SMILES string of the molecule is Clc1cc(OCc2cccs2)ccn1. The van der Waals surface area contributed by atoms with Crippen molar-refractivity contribution in [3.05, 3.63) is 45.9 Å². The summed E-state index contributed by atoms with van der Waals surface area (Å²) in [6, 6.07) is 7.53. The summed E-state index contributed by atoms with van der Waals surface area (Å²) in [5.74, 6) is 0.749. The van der Waals surface area contributed by atoms with Crippen molar-refractivity contribution in [2.24, 2.45) is 0 Å². The lowest BCUT2D eigenvalue weighted by Crippen LogP contribution is -1.92. The van der Waals surface area contributed by atoms with Crippen LogP contribution >= 0.6 is 22.9 Å². The minimum absolute atomic E-state index is 0.452. The van der Waals surface area contributed by atoms with E-state index in [4.69, 9.17) is 16.3 Å². The van der Waals surface area contributed by atoms with Crippen molar-refractivity contribution in [2.45, 2.75) is 6.61 Å². The molecule has 0 radical (unpaired) electrons. The molecule has 0 saturated carbocycles. The van der Waals surface area contributed by atoms with E-state index in [9.17, 15) is 0 Å². The Kier molecular flexibility index (Phi) is 3.01. The second-order valence-corrected chi connectivity index (χ2v) is 4.10. The smallest absolute Gasteiger partial charge is 0.132 e. The largest absolute Gasteiger partial charge is 0.488 e. The third-order valence-corrected chi connectivity index (χ3v) is 2.72. The summed E-state index contributed by atoms with van der Waals surface area (Å²) in [6.45, 7) is 0.581. The number of pyridine rings is 1. The van der Waals surface area contributed by atoms with Gasteiger partial charge in [-0.25, -0.2) is 4.98 Å². The number of rotatable bonds is 3. The molecule has 2 aromatic rings. The lowest BCUT2D eigenvalue weighted by atomic mass is 10.4. The number of hydrogen-bond donors (Lipinski definition) is 0. The van der Waals surface area contributed by atoms with Gasteiger partial charge in [0.05, 0.1) is 0 Å². The van der Waals surface area contributed by atoms with E-state index in [2.05, 4.69) is 4.98 Å². The van der Waals surface area contributed by atoms with Gasteiger partial charge in [-0.15, -0.1) is 11.3 Å². The van der Waals surface area contributed by atoms with Crippen LogP contribution in [0.15, 0.2) is 35.8 Å². The van der Waals surface area contributed by atoms with E-state index >= 15 is 0 Å². The highest BCUT2D eigenvalue weighted by molar-refractivity contribution is 7.09. The molecule has 2 rings (SSSR count). The van der Waals surface area contributed by atoms with Crippen molar-refractivity contribution in [1.82, 2.24) is 4.98 Å². The predicted octanol–water partition coefficient (Wildman–Crippen LogP) is 3.38. The molecule has 0 aromatic carbocycles. The van der Waals surface area contributed by atoms with Crippen LogP contribution in [0.25, 0.3) is 0 Å². The molecule has 2 nitrogen and oxygen atoms in total. The molecule has 0 unspecified atom stereocenters. The van der Waals surface area contributed by atoms with Crippen molar-refractivity contribution in [3.8, 4) is 5.75 Å². The second kappa shape index (κ2) is 4.44. The van der Waals surface area contributed by atoms with Gasteiger partial charge in [0.1, 0.15) is 17.5 Å². The minimum atomic E-state index is 0.452. The molecule has 72 valence electrons. The summed E-state index contributed by atoms with van der Waals surface area (Å²) in [5, 5.41) is 2.48. The van der Waals surface area contributed by atoms with Gasteiger partial charge in [-0.05, 0) is 17.5 Å². The lowest BCUT2D eigenvalue weighted by Gasteiger charge is -2.03. The highest BCUT2D eigenvalue weighted by atomic mass is 35.5. The van der Waals surface area contributed by atoms with Gasteiger partial charge in [-0.2, -0.15) is 0 Å². The van der Waals surface area contributed by atoms with Crippen LogP contribution in [0.2, 0.25) is 5.15 Å². The van der Waals surface area contributed by atoms with Crippen molar-refractivity contribution >= 4 is 22.9 Å². The number of nitrogens with zero attached hydrogens (tertiary/aromatic N) is 1. The Hall–Kier alpha value is -1.06. The molecule has 0 spiro atoms. The quantitative estimate of drug-likeness (QED) is 0.748. The summed E-state index contributed by atoms with van der Waals surface area (Å²) in [6.07, 6.45) is 1.63. The van der Waals surface area contributed by atoms with Gasteiger partial charge in [0.25, 0.3) is 0 Å². The van der Waals surface area contributed by atoms with Gasteiger partial charge >= 0.3 is 0 Å². The van der Waals surface area contributed by atoms with Crippen molar-refractivity contribution in [3.63, 3.8) is 0 Å². The van der Waals surface area contributed by atoms with Crippen LogP contribution in [0.3, 0.4) is 0 Å². The fourth-order valence-corrected chi connectivity index (χ4v) is 1.80. The molecule has 0 N–H and O–H groups in total. The molecule has 0 fully saturated rings. The van der Waals surface area contributed by atoms with Crippen LogP contribution in [-0.2, 0) is 6.61 Å². The van der Waals surface area contributed by atoms with E-state index < -0.39 is 0 Å². The topological polar surface area (TPSA) is 22.1 Å². The number of ether oxygens (including phenoxy) is 1. The molecule has 0 bridgehead atoms. The third kappa shape index (κ3) is 2.47. The van der Waals surface area contributed by atoms with E-state index in [1.165, 1.54) is 4.88 Å². The van der Waals surface area contributed by atoms with E-state index in [-0.39, 0.29) is 0 Å². The van der Waals surface area contributed by atoms with E-state index in [1.807, 2.05) is 17.5 Å². The molecule has 0 aliphatic heterocycles. The summed E-state index contributed by atoms with van der Waals surface area (Å²) in [7, 11) is 0. The second-order valence-electron chi connectivity index (χ2n) is 2.68. The van der Waals surface area contributed by atoms with E-state index in [0.29, 0.717) is 11.8 Å². The van der Waals surface area contributed by atoms with Crippen molar-refractivity contribution < 1.29 is 4.74 Å². The van der Waals surface area contributed by atoms with Crippen molar-refractivity contribution in [2.75, 3.05) is 0 Å². The molecule has 0 atom stereocenters. The Morgan fingerprint density at radius 3 is 3.07 bits per heavy atom. The molecule has 0 aliphatic rings. The van der Waals surface area contributed by atoms with Gasteiger partial charge in [0, 0.05) is 17.1 Å². The average molecular weight is 226 g/mol. The van der Waals surface area contributed by atoms with Crippen LogP contribution in [0, 0.1) is 0 Å². The highest BCUT2D eigenvalue weighted by Crippen LogP contribution is 2.17. The lowest BCUT2D eigenvalue weighted by molar-refractivity contribution is 0.309. The van der Waals surface area contributed by atoms with Gasteiger partial charge in [0.2, 0.25) is 0 Å². The summed E-state index contributed by atoms with van der Waals surface area (Å²) >= 11 is 7.39.